The van der Waals surface area contributed by atoms with Crippen LogP contribution in [-0.2, 0) is 6.54 Å². The first-order valence-corrected chi connectivity index (χ1v) is 9.21. The number of rotatable bonds is 5. The highest BCUT2D eigenvalue weighted by molar-refractivity contribution is 7.12. The maximum Gasteiger partial charge on any atom is 0.0332 e. The number of piperazine rings is 1. The molecule has 2 unspecified atom stereocenters. The molecule has 0 saturated carbocycles. The van der Waals surface area contributed by atoms with Crippen LogP contribution in [0.4, 0.5) is 0 Å². The third kappa shape index (κ3) is 4.54. The topological polar surface area (TPSA) is 15.3 Å². The average Bonchev–Trinajstić information content (AvgIpc) is 2.67. The Bertz CT molecular complexity index is 431. The van der Waals surface area contributed by atoms with E-state index in [2.05, 4.69) is 57.8 Å². The molecule has 0 amide bonds. The van der Waals surface area contributed by atoms with Gasteiger partial charge in [-0.3, -0.25) is 4.90 Å². The van der Waals surface area contributed by atoms with Crippen molar-refractivity contribution in [3.63, 3.8) is 0 Å². The first kappa shape index (κ1) is 17.0. The summed E-state index contributed by atoms with van der Waals surface area (Å²) >= 11 is 1.97. The van der Waals surface area contributed by atoms with E-state index in [1.165, 1.54) is 28.3 Å². The smallest absolute Gasteiger partial charge is 0.0332 e. The lowest BCUT2D eigenvalue weighted by atomic mass is 9.95. The molecule has 2 rings (SSSR count). The zero-order chi connectivity index (χ0) is 15.6. The van der Waals surface area contributed by atoms with Gasteiger partial charge in [0.05, 0.1) is 0 Å². The molecule has 21 heavy (non-hydrogen) atoms. The quantitative estimate of drug-likeness (QED) is 0.876. The lowest BCUT2D eigenvalue weighted by molar-refractivity contribution is 0.0861. The van der Waals surface area contributed by atoms with Crippen molar-refractivity contribution in [2.24, 2.45) is 11.8 Å². The van der Waals surface area contributed by atoms with Gasteiger partial charge in [0.25, 0.3) is 0 Å². The van der Waals surface area contributed by atoms with Crippen molar-refractivity contribution in [3.8, 4) is 0 Å². The number of aryl methyl sites for hydroxylation is 2. The van der Waals surface area contributed by atoms with Gasteiger partial charge in [-0.25, -0.2) is 0 Å². The van der Waals surface area contributed by atoms with Gasteiger partial charge < -0.3 is 5.32 Å². The second kappa shape index (κ2) is 7.26. The minimum absolute atomic E-state index is 0.655. The summed E-state index contributed by atoms with van der Waals surface area (Å²) in [5.74, 6) is 1.48. The van der Waals surface area contributed by atoms with Crippen molar-refractivity contribution in [2.75, 3.05) is 13.1 Å². The molecule has 0 spiro atoms. The van der Waals surface area contributed by atoms with E-state index in [1.54, 1.807) is 0 Å². The van der Waals surface area contributed by atoms with Crippen molar-refractivity contribution in [3.05, 3.63) is 21.4 Å². The Balaban J connectivity index is 2.06. The summed E-state index contributed by atoms with van der Waals surface area (Å²) in [6.45, 7) is 17.3. The summed E-state index contributed by atoms with van der Waals surface area (Å²) in [5, 5.41) is 3.78. The van der Waals surface area contributed by atoms with Gasteiger partial charge in [-0.05, 0) is 43.7 Å². The number of hydrogen-bond acceptors (Lipinski definition) is 3. The fraction of sp³-hybridized carbons (Fsp3) is 0.778. The van der Waals surface area contributed by atoms with E-state index in [1.807, 2.05) is 11.3 Å². The number of nitrogens with zero attached hydrogens (tertiary/aromatic N) is 1. The highest BCUT2D eigenvalue weighted by atomic mass is 32.1. The van der Waals surface area contributed by atoms with Crippen LogP contribution in [0.15, 0.2) is 6.07 Å². The van der Waals surface area contributed by atoms with Crippen LogP contribution in [0.3, 0.4) is 0 Å². The first-order chi connectivity index (χ1) is 9.86. The maximum absolute atomic E-state index is 3.78. The van der Waals surface area contributed by atoms with Gasteiger partial charge in [0.1, 0.15) is 0 Å². The zero-order valence-corrected chi connectivity index (χ0v) is 15.4. The van der Waals surface area contributed by atoms with Gasteiger partial charge >= 0.3 is 0 Å². The molecule has 1 aliphatic heterocycles. The van der Waals surface area contributed by atoms with E-state index in [0.29, 0.717) is 18.0 Å². The summed E-state index contributed by atoms with van der Waals surface area (Å²) in [5.41, 5.74) is 1.45. The molecular weight excluding hydrogens is 276 g/mol. The van der Waals surface area contributed by atoms with Crippen LogP contribution in [-0.4, -0.2) is 30.1 Å². The number of nitrogens with one attached hydrogen (secondary N) is 1. The Labute approximate surface area is 134 Å². The summed E-state index contributed by atoms with van der Waals surface area (Å²) in [6.07, 6.45) is 1.28. The van der Waals surface area contributed by atoms with E-state index in [9.17, 15) is 0 Å². The van der Waals surface area contributed by atoms with Gasteiger partial charge in [0.2, 0.25) is 0 Å². The molecule has 120 valence electrons. The SMILES string of the molecule is Cc1cc(CN2CC(CC(C)C)NCC2C(C)C)sc1C. The molecule has 0 aliphatic carbocycles. The van der Waals surface area contributed by atoms with Crippen LogP contribution in [0.25, 0.3) is 0 Å². The van der Waals surface area contributed by atoms with Crippen molar-refractivity contribution in [1.82, 2.24) is 10.2 Å². The van der Waals surface area contributed by atoms with Crippen LogP contribution < -0.4 is 5.32 Å². The molecule has 3 heteroatoms. The van der Waals surface area contributed by atoms with Crippen molar-refractivity contribution in [1.29, 1.82) is 0 Å². The second-order valence-electron chi connectivity index (χ2n) is 7.43. The largest absolute Gasteiger partial charge is 0.311 e. The summed E-state index contributed by atoms with van der Waals surface area (Å²) in [7, 11) is 0. The standard InChI is InChI=1S/C18H32N2S/c1-12(2)7-16-10-20(18(9-19-16)13(3)4)11-17-8-14(5)15(6)21-17/h8,12-13,16,18-19H,7,9-11H2,1-6H3. The van der Waals surface area contributed by atoms with Crippen molar-refractivity contribution < 1.29 is 0 Å². The van der Waals surface area contributed by atoms with E-state index in [4.69, 9.17) is 0 Å². The Hall–Kier alpha value is -0.380. The predicted octanol–water partition coefficient (Wildman–Crippen LogP) is 4.21. The maximum atomic E-state index is 3.78. The first-order valence-electron chi connectivity index (χ1n) is 8.40. The van der Waals surface area contributed by atoms with E-state index < -0.39 is 0 Å². The Kier molecular flexibility index (Phi) is 5.87. The summed E-state index contributed by atoms with van der Waals surface area (Å²) in [4.78, 5) is 5.72. The molecular formula is C18H32N2S. The number of thiophene rings is 1. The molecule has 1 saturated heterocycles. The van der Waals surface area contributed by atoms with Gasteiger partial charge in [-0.2, -0.15) is 0 Å². The lowest BCUT2D eigenvalue weighted by Crippen LogP contribution is -2.57. The minimum atomic E-state index is 0.655. The van der Waals surface area contributed by atoms with Crippen LogP contribution in [0.5, 0.6) is 0 Å². The van der Waals surface area contributed by atoms with Gasteiger partial charge in [-0.1, -0.05) is 27.7 Å². The molecule has 2 nitrogen and oxygen atoms in total. The average molecular weight is 309 g/mol. The summed E-state index contributed by atoms with van der Waals surface area (Å²) in [6, 6.07) is 3.70. The molecule has 0 radical (unpaired) electrons. The highest BCUT2D eigenvalue weighted by Crippen LogP contribution is 2.26. The highest BCUT2D eigenvalue weighted by Gasteiger charge is 2.30. The second-order valence-corrected chi connectivity index (χ2v) is 8.77. The van der Waals surface area contributed by atoms with Gasteiger partial charge in [0.15, 0.2) is 0 Å². The molecule has 2 heterocycles. The van der Waals surface area contributed by atoms with E-state index in [0.717, 1.165) is 19.0 Å². The Morgan fingerprint density at radius 1 is 1.29 bits per heavy atom. The van der Waals surface area contributed by atoms with Crippen LogP contribution in [0.2, 0.25) is 0 Å². The van der Waals surface area contributed by atoms with Crippen LogP contribution >= 0.6 is 11.3 Å². The normalized spacial score (nSPS) is 24.2. The molecule has 2 atom stereocenters. The van der Waals surface area contributed by atoms with Crippen LogP contribution in [0.1, 0.15) is 49.4 Å². The van der Waals surface area contributed by atoms with Crippen LogP contribution in [0, 0.1) is 25.7 Å². The van der Waals surface area contributed by atoms with Gasteiger partial charge in [0, 0.05) is 41.5 Å². The Morgan fingerprint density at radius 3 is 2.52 bits per heavy atom. The lowest BCUT2D eigenvalue weighted by Gasteiger charge is -2.42. The summed E-state index contributed by atoms with van der Waals surface area (Å²) < 4.78 is 0. The van der Waals surface area contributed by atoms with Crippen molar-refractivity contribution in [2.45, 2.75) is 66.6 Å². The zero-order valence-electron chi connectivity index (χ0n) is 14.6. The fourth-order valence-electron chi connectivity index (χ4n) is 3.39. The third-order valence-corrected chi connectivity index (χ3v) is 5.78. The molecule has 0 aromatic carbocycles. The molecule has 1 aliphatic rings. The molecule has 1 aromatic rings. The van der Waals surface area contributed by atoms with Crippen molar-refractivity contribution >= 4 is 11.3 Å². The van der Waals surface area contributed by atoms with E-state index in [-0.39, 0.29) is 0 Å². The number of hydrogen-bond donors (Lipinski definition) is 1. The van der Waals surface area contributed by atoms with E-state index >= 15 is 0 Å². The molecule has 1 fully saturated rings. The molecule has 1 N–H and O–H groups in total. The minimum Gasteiger partial charge on any atom is -0.311 e. The van der Waals surface area contributed by atoms with Gasteiger partial charge in [-0.15, -0.1) is 11.3 Å². The fourth-order valence-corrected chi connectivity index (χ4v) is 4.47. The molecule has 0 bridgehead atoms. The molecule has 1 aromatic heterocycles. The predicted molar refractivity (Wildman–Crippen MR) is 94.1 cm³/mol. The third-order valence-electron chi connectivity index (χ3n) is 4.64. The monoisotopic (exact) mass is 308 g/mol. The Morgan fingerprint density at radius 2 is 2.00 bits per heavy atom.